The number of carbonyl (C=O) groups excluding carboxylic acids is 3. The van der Waals surface area contributed by atoms with E-state index in [1.807, 2.05) is 18.2 Å². The van der Waals surface area contributed by atoms with Gasteiger partial charge in [-0.25, -0.2) is 9.78 Å². The van der Waals surface area contributed by atoms with Crippen molar-refractivity contribution >= 4 is 23.6 Å². The standard InChI is InChI=1S/C19H22N4O5/c1-27-17-10-7-14(11-21-17)22-18(25)15(8-9-16(20)24)23-19(26)28-12-13-5-3-2-4-6-13/h2-7,10-11,15H,8-9,12H2,1H3,(H2,20,24)(H,22,25)(H,23,26)/t15-/m1/s1. The van der Waals surface area contributed by atoms with Crippen LogP contribution in [0.3, 0.4) is 0 Å². The fourth-order valence-electron chi connectivity index (χ4n) is 2.27. The second kappa shape index (κ2) is 10.5. The molecule has 1 atom stereocenters. The van der Waals surface area contributed by atoms with E-state index in [2.05, 4.69) is 15.6 Å². The average molecular weight is 386 g/mol. The van der Waals surface area contributed by atoms with Crippen LogP contribution >= 0.6 is 0 Å². The Bertz CT molecular complexity index is 796. The van der Waals surface area contributed by atoms with Crippen molar-refractivity contribution in [3.05, 3.63) is 54.2 Å². The number of methoxy groups -OCH3 is 1. The lowest BCUT2D eigenvalue weighted by Crippen LogP contribution is -2.44. The number of ether oxygens (including phenoxy) is 2. The SMILES string of the molecule is COc1ccc(NC(=O)[C@@H](CCC(N)=O)NC(=O)OCc2ccccc2)cn1. The van der Waals surface area contributed by atoms with E-state index < -0.39 is 23.9 Å². The normalized spacial score (nSPS) is 11.2. The first-order valence-electron chi connectivity index (χ1n) is 8.54. The van der Waals surface area contributed by atoms with Gasteiger partial charge in [0.25, 0.3) is 0 Å². The van der Waals surface area contributed by atoms with Gasteiger partial charge >= 0.3 is 6.09 Å². The summed E-state index contributed by atoms with van der Waals surface area (Å²) >= 11 is 0. The Hall–Kier alpha value is -3.62. The zero-order valence-corrected chi connectivity index (χ0v) is 15.4. The van der Waals surface area contributed by atoms with Gasteiger partial charge in [-0.2, -0.15) is 0 Å². The minimum absolute atomic E-state index is 0.0329. The molecule has 2 rings (SSSR count). The summed E-state index contributed by atoms with van der Waals surface area (Å²) in [5, 5.41) is 5.08. The number of nitrogens with one attached hydrogen (secondary N) is 2. The quantitative estimate of drug-likeness (QED) is 0.599. The number of nitrogens with two attached hydrogens (primary N) is 1. The van der Waals surface area contributed by atoms with Crippen molar-refractivity contribution in [2.75, 3.05) is 12.4 Å². The second-order valence-electron chi connectivity index (χ2n) is 5.84. The molecule has 0 bridgehead atoms. The van der Waals surface area contributed by atoms with Gasteiger partial charge in [-0.15, -0.1) is 0 Å². The zero-order chi connectivity index (χ0) is 20.4. The monoisotopic (exact) mass is 386 g/mol. The van der Waals surface area contributed by atoms with E-state index in [1.54, 1.807) is 24.3 Å². The zero-order valence-electron chi connectivity index (χ0n) is 15.4. The van der Waals surface area contributed by atoms with Crippen molar-refractivity contribution < 1.29 is 23.9 Å². The molecule has 0 unspecified atom stereocenters. The first kappa shape index (κ1) is 20.7. The third-order valence-corrected chi connectivity index (χ3v) is 3.71. The molecule has 9 nitrogen and oxygen atoms in total. The molecular formula is C19H22N4O5. The van der Waals surface area contributed by atoms with Gasteiger partial charge in [0.2, 0.25) is 17.7 Å². The van der Waals surface area contributed by atoms with Crippen molar-refractivity contribution in [1.29, 1.82) is 0 Å². The summed E-state index contributed by atoms with van der Waals surface area (Å²) in [6, 6.07) is 11.3. The van der Waals surface area contributed by atoms with Crippen molar-refractivity contribution in [1.82, 2.24) is 10.3 Å². The Balaban J connectivity index is 1.95. The summed E-state index contributed by atoms with van der Waals surface area (Å²) in [5.74, 6) is -0.709. The number of benzene rings is 1. The van der Waals surface area contributed by atoms with Gasteiger partial charge in [0, 0.05) is 12.5 Å². The number of alkyl carbamates (subject to hydrolysis) is 1. The van der Waals surface area contributed by atoms with E-state index >= 15 is 0 Å². The van der Waals surface area contributed by atoms with E-state index in [1.165, 1.54) is 13.3 Å². The molecule has 0 aliphatic heterocycles. The van der Waals surface area contributed by atoms with Gasteiger partial charge in [0.1, 0.15) is 12.6 Å². The minimum Gasteiger partial charge on any atom is -0.481 e. The number of aromatic nitrogens is 1. The molecule has 0 radical (unpaired) electrons. The molecule has 3 amide bonds. The van der Waals surface area contributed by atoms with E-state index in [-0.39, 0.29) is 19.4 Å². The Morgan fingerprint density at radius 3 is 2.50 bits per heavy atom. The van der Waals surface area contributed by atoms with Crippen LogP contribution in [0.25, 0.3) is 0 Å². The molecule has 0 saturated carbocycles. The molecule has 148 valence electrons. The number of carbonyl (C=O) groups is 3. The van der Waals surface area contributed by atoms with Crippen LogP contribution in [-0.2, 0) is 20.9 Å². The van der Waals surface area contributed by atoms with Crippen molar-refractivity contribution in [3.63, 3.8) is 0 Å². The predicted molar refractivity (Wildman–Crippen MR) is 101 cm³/mol. The van der Waals surface area contributed by atoms with Gasteiger partial charge in [0.05, 0.1) is 19.0 Å². The van der Waals surface area contributed by atoms with Crippen LogP contribution in [0.2, 0.25) is 0 Å². The number of amides is 3. The molecule has 28 heavy (non-hydrogen) atoms. The Labute approximate surface area is 162 Å². The van der Waals surface area contributed by atoms with E-state index in [0.717, 1.165) is 5.56 Å². The van der Waals surface area contributed by atoms with Crippen LogP contribution in [0.1, 0.15) is 18.4 Å². The van der Waals surface area contributed by atoms with E-state index in [9.17, 15) is 14.4 Å². The van der Waals surface area contributed by atoms with Gasteiger partial charge in [-0.1, -0.05) is 30.3 Å². The highest BCUT2D eigenvalue weighted by molar-refractivity contribution is 5.96. The van der Waals surface area contributed by atoms with Crippen LogP contribution < -0.4 is 21.1 Å². The van der Waals surface area contributed by atoms with E-state index in [0.29, 0.717) is 11.6 Å². The summed E-state index contributed by atoms with van der Waals surface area (Å²) in [7, 11) is 1.48. The summed E-state index contributed by atoms with van der Waals surface area (Å²) < 4.78 is 10.1. The van der Waals surface area contributed by atoms with Crippen LogP contribution in [0, 0.1) is 0 Å². The Morgan fingerprint density at radius 2 is 1.89 bits per heavy atom. The van der Waals surface area contributed by atoms with Gasteiger partial charge in [-0.3, -0.25) is 9.59 Å². The van der Waals surface area contributed by atoms with Gasteiger partial charge < -0.3 is 25.8 Å². The Kier molecular flexibility index (Phi) is 7.77. The molecule has 0 aliphatic carbocycles. The van der Waals surface area contributed by atoms with Crippen LogP contribution in [0.4, 0.5) is 10.5 Å². The summed E-state index contributed by atoms with van der Waals surface area (Å²) in [6.45, 7) is 0.0548. The molecule has 0 fully saturated rings. The largest absolute Gasteiger partial charge is 0.481 e. The van der Waals surface area contributed by atoms with Crippen LogP contribution in [-0.4, -0.2) is 36.0 Å². The number of hydrogen-bond donors (Lipinski definition) is 3. The predicted octanol–water partition coefficient (Wildman–Crippen LogP) is 1.59. The molecule has 4 N–H and O–H groups in total. The fourth-order valence-corrected chi connectivity index (χ4v) is 2.27. The number of primary amides is 1. The molecule has 1 aromatic carbocycles. The molecule has 1 aromatic heterocycles. The van der Waals surface area contributed by atoms with Crippen molar-refractivity contribution in [2.45, 2.75) is 25.5 Å². The van der Waals surface area contributed by atoms with Gasteiger partial charge in [-0.05, 0) is 18.1 Å². The number of rotatable bonds is 9. The smallest absolute Gasteiger partial charge is 0.408 e. The minimum atomic E-state index is -1.00. The molecule has 0 aliphatic rings. The third-order valence-electron chi connectivity index (χ3n) is 3.71. The van der Waals surface area contributed by atoms with Crippen molar-refractivity contribution in [3.8, 4) is 5.88 Å². The lowest BCUT2D eigenvalue weighted by Gasteiger charge is -2.18. The summed E-state index contributed by atoms with van der Waals surface area (Å²) in [4.78, 5) is 39.6. The number of pyridine rings is 1. The van der Waals surface area contributed by atoms with Crippen molar-refractivity contribution in [2.24, 2.45) is 5.73 Å². The first-order valence-corrected chi connectivity index (χ1v) is 8.54. The van der Waals surface area contributed by atoms with Gasteiger partial charge in [0.15, 0.2) is 0 Å². The molecule has 2 aromatic rings. The first-order chi connectivity index (χ1) is 13.5. The topological polar surface area (TPSA) is 133 Å². The molecular weight excluding hydrogens is 364 g/mol. The second-order valence-corrected chi connectivity index (χ2v) is 5.84. The number of nitrogens with zero attached hydrogens (tertiary/aromatic N) is 1. The lowest BCUT2D eigenvalue weighted by atomic mass is 10.1. The van der Waals surface area contributed by atoms with Crippen LogP contribution in [0.15, 0.2) is 48.7 Å². The summed E-state index contributed by atoms with van der Waals surface area (Å²) in [5.41, 5.74) is 6.37. The lowest BCUT2D eigenvalue weighted by molar-refractivity contribution is -0.119. The molecule has 0 spiro atoms. The fraction of sp³-hybridized carbons (Fsp3) is 0.263. The summed E-state index contributed by atoms with van der Waals surface area (Å²) in [6.07, 6.45) is 0.597. The molecule has 9 heteroatoms. The van der Waals surface area contributed by atoms with E-state index in [4.69, 9.17) is 15.2 Å². The maximum absolute atomic E-state index is 12.5. The molecule has 0 saturated heterocycles. The maximum Gasteiger partial charge on any atom is 0.408 e. The maximum atomic E-state index is 12.5. The number of hydrogen-bond acceptors (Lipinski definition) is 6. The molecule has 1 heterocycles. The van der Waals surface area contributed by atoms with Crippen LogP contribution in [0.5, 0.6) is 5.88 Å². The average Bonchev–Trinajstić information content (AvgIpc) is 2.70. The highest BCUT2D eigenvalue weighted by atomic mass is 16.5. The Morgan fingerprint density at radius 1 is 1.14 bits per heavy atom. The third kappa shape index (κ3) is 6.94. The number of anilines is 1. The highest BCUT2D eigenvalue weighted by Gasteiger charge is 2.22. The highest BCUT2D eigenvalue weighted by Crippen LogP contribution is 2.12.